The van der Waals surface area contributed by atoms with Gasteiger partial charge in [-0.1, -0.05) is 0 Å². The molecule has 0 unspecified atom stereocenters. The predicted octanol–water partition coefficient (Wildman–Crippen LogP) is 0.974. The van der Waals surface area contributed by atoms with Crippen molar-refractivity contribution < 1.29 is 23.5 Å². The number of anilines is 1. The zero-order valence-corrected chi connectivity index (χ0v) is 11.4. The minimum Gasteiger partial charge on any atom is -0.451 e. The monoisotopic (exact) mass is 294 g/mol. The molecule has 0 aromatic heterocycles. The van der Waals surface area contributed by atoms with Gasteiger partial charge in [-0.25, -0.2) is 9.18 Å². The Morgan fingerprint density at radius 1 is 1.38 bits per heavy atom. The van der Waals surface area contributed by atoms with Crippen molar-refractivity contribution in [2.24, 2.45) is 0 Å². The molecule has 1 aliphatic rings. The first-order valence-corrected chi connectivity index (χ1v) is 6.52. The topological polar surface area (TPSA) is 84.5 Å². The first kappa shape index (κ1) is 15.0. The van der Waals surface area contributed by atoms with Gasteiger partial charge in [-0.05, 0) is 37.6 Å². The van der Waals surface area contributed by atoms with Gasteiger partial charge in [0.15, 0.2) is 6.10 Å². The maximum absolute atomic E-state index is 12.7. The van der Waals surface area contributed by atoms with E-state index in [1.807, 2.05) is 0 Å². The van der Waals surface area contributed by atoms with E-state index < -0.39 is 29.8 Å². The van der Waals surface area contributed by atoms with Crippen LogP contribution in [0.15, 0.2) is 24.3 Å². The molecule has 1 aliphatic heterocycles. The lowest BCUT2D eigenvalue weighted by Crippen LogP contribution is -2.39. The molecule has 21 heavy (non-hydrogen) atoms. The smallest absolute Gasteiger partial charge is 0.329 e. The summed E-state index contributed by atoms with van der Waals surface area (Å²) in [6.45, 7) is 1.42. The Balaban J connectivity index is 1.86. The Bertz CT molecular complexity index is 559. The van der Waals surface area contributed by atoms with Crippen molar-refractivity contribution >= 4 is 23.5 Å². The minimum atomic E-state index is -1.01. The second kappa shape index (κ2) is 6.34. The van der Waals surface area contributed by atoms with Gasteiger partial charge in [0, 0.05) is 12.1 Å². The lowest BCUT2D eigenvalue weighted by atomic mass is 10.2. The van der Waals surface area contributed by atoms with Crippen molar-refractivity contribution in [1.29, 1.82) is 0 Å². The third kappa shape index (κ3) is 4.01. The molecule has 1 fully saturated rings. The van der Waals surface area contributed by atoms with Gasteiger partial charge in [0.25, 0.3) is 5.91 Å². The number of rotatable bonds is 4. The maximum atomic E-state index is 12.7. The molecule has 112 valence electrons. The Hall–Kier alpha value is -2.44. The summed E-state index contributed by atoms with van der Waals surface area (Å²) < 4.78 is 17.7. The normalized spacial score (nSPS) is 18.8. The molecule has 7 heteroatoms. The number of carbonyl (C=O) groups excluding carboxylic acids is 3. The summed E-state index contributed by atoms with van der Waals surface area (Å²) >= 11 is 0. The second-order valence-corrected chi connectivity index (χ2v) is 4.73. The summed E-state index contributed by atoms with van der Waals surface area (Å²) in [4.78, 5) is 34.6. The number of ether oxygens (including phenoxy) is 1. The van der Waals surface area contributed by atoms with Gasteiger partial charge in [0.05, 0.1) is 0 Å². The van der Waals surface area contributed by atoms with Crippen LogP contribution < -0.4 is 10.6 Å². The first-order valence-electron chi connectivity index (χ1n) is 6.52. The van der Waals surface area contributed by atoms with E-state index in [0.717, 1.165) is 0 Å². The van der Waals surface area contributed by atoms with Gasteiger partial charge in [-0.2, -0.15) is 0 Å². The molecule has 0 bridgehead atoms. The fourth-order valence-corrected chi connectivity index (χ4v) is 1.88. The Morgan fingerprint density at radius 2 is 2.05 bits per heavy atom. The van der Waals surface area contributed by atoms with Crippen molar-refractivity contribution in [3.05, 3.63) is 30.1 Å². The molecule has 6 nitrogen and oxygen atoms in total. The zero-order chi connectivity index (χ0) is 15.4. The highest BCUT2D eigenvalue weighted by Crippen LogP contribution is 2.12. The van der Waals surface area contributed by atoms with Crippen molar-refractivity contribution in [3.8, 4) is 0 Å². The van der Waals surface area contributed by atoms with Crippen LogP contribution in [0.3, 0.4) is 0 Å². The predicted molar refractivity (Wildman–Crippen MR) is 71.7 cm³/mol. The maximum Gasteiger partial charge on any atom is 0.329 e. The molecule has 0 saturated carbocycles. The van der Waals surface area contributed by atoms with Gasteiger partial charge in [-0.15, -0.1) is 0 Å². The molecule has 2 atom stereocenters. The fraction of sp³-hybridized carbons (Fsp3) is 0.357. The summed E-state index contributed by atoms with van der Waals surface area (Å²) in [5, 5.41) is 4.97. The van der Waals surface area contributed by atoms with E-state index in [1.165, 1.54) is 31.2 Å². The third-order valence-electron chi connectivity index (χ3n) is 3.05. The lowest BCUT2D eigenvalue weighted by molar-refractivity contribution is -0.155. The summed E-state index contributed by atoms with van der Waals surface area (Å²) in [6, 6.07) is 4.53. The van der Waals surface area contributed by atoms with E-state index in [9.17, 15) is 18.8 Å². The molecular weight excluding hydrogens is 279 g/mol. The van der Waals surface area contributed by atoms with Crippen molar-refractivity contribution in [3.63, 3.8) is 0 Å². The van der Waals surface area contributed by atoms with E-state index in [0.29, 0.717) is 12.1 Å². The number of esters is 1. The molecule has 1 aromatic carbocycles. The Kier molecular flexibility index (Phi) is 4.52. The molecular formula is C14H15FN2O4. The van der Waals surface area contributed by atoms with Crippen LogP contribution >= 0.6 is 0 Å². The zero-order valence-electron chi connectivity index (χ0n) is 11.4. The fourth-order valence-electron chi connectivity index (χ4n) is 1.88. The highest BCUT2D eigenvalue weighted by Gasteiger charge is 2.30. The van der Waals surface area contributed by atoms with Gasteiger partial charge >= 0.3 is 5.97 Å². The minimum absolute atomic E-state index is 0.208. The number of hydrogen-bond acceptors (Lipinski definition) is 4. The highest BCUT2D eigenvalue weighted by molar-refractivity contribution is 5.96. The van der Waals surface area contributed by atoms with Crippen LogP contribution in [0.2, 0.25) is 0 Å². The van der Waals surface area contributed by atoms with Crippen LogP contribution in [0, 0.1) is 5.82 Å². The average Bonchev–Trinajstić information content (AvgIpc) is 2.88. The molecule has 0 spiro atoms. The van der Waals surface area contributed by atoms with Crippen LogP contribution in [0.5, 0.6) is 0 Å². The summed E-state index contributed by atoms with van der Waals surface area (Å²) in [5.74, 6) is -1.79. The van der Waals surface area contributed by atoms with Crippen LogP contribution in [-0.2, 0) is 19.1 Å². The van der Waals surface area contributed by atoms with E-state index >= 15 is 0 Å². The first-order chi connectivity index (χ1) is 9.95. The van der Waals surface area contributed by atoms with E-state index in [-0.39, 0.29) is 12.3 Å². The largest absolute Gasteiger partial charge is 0.451 e. The van der Waals surface area contributed by atoms with Crippen LogP contribution in [0.25, 0.3) is 0 Å². The third-order valence-corrected chi connectivity index (χ3v) is 3.05. The van der Waals surface area contributed by atoms with Gasteiger partial charge in [0.2, 0.25) is 5.91 Å². The number of nitrogens with one attached hydrogen (secondary N) is 2. The number of benzene rings is 1. The van der Waals surface area contributed by atoms with Crippen LogP contribution in [0.4, 0.5) is 10.1 Å². The Labute approximate surface area is 120 Å². The Morgan fingerprint density at radius 3 is 2.62 bits per heavy atom. The standard InChI is InChI=1S/C14H15FN2O4/c1-8(21-14(20)11-6-7-12(18)17-11)13(19)16-10-4-2-9(15)3-5-10/h2-5,8,11H,6-7H2,1H3,(H,16,19)(H,17,18)/t8-,11-/m0/s1. The van der Waals surface area contributed by atoms with E-state index in [2.05, 4.69) is 10.6 Å². The van der Waals surface area contributed by atoms with Gasteiger partial charge in [-0.3, -0.25) is 9.59 Å². The van der Waals surface area contributed by atoms with Gasteiger partial charge < -0.3 is 15.4 Å². The second-order valence-electron chi connectivity index (χ2n) is 4.73. The van der Waals surface area contributed by atoms with Crippen molar-refractivity contribution in [1.82, 2.24) is 5.32 Å². The van der Waals surface area contributed by atoms with Crippen LogP contribution in [-0.4, -0.2) is 29.9 Å². The number of amides is 2. The van der Waals surface area contributed by atoms with Crippen molar-refractivity contribution in [2.45, 2.75) is 31.9 Å². The lowest BCUT2D eigenvalue weighted by Gasteiger charge is -2.16. The van der Waals surface area contributed by atoms with E-state index in [1.54, 1.807) is 0 Å². The summed E-state index contributed by atoms with van der Waals surface area (Å²) in [6.07, 6.45) is -0.375. The molecule has 2 rings (SSSR count). The van der Waals surface area contributed by atoms with Gasteiger partial charge in [0.1, 0.15) is 11.9 Å². The van der Waals surface area contributed by atoms with E-state index in [4.69, 9.17) is 4.74 Å². The SMILES string of the molecule is C[C@H](OC(=O)[C@@H]1CCC(=O)N1)C(=O)Nc1ccc(F)cc1. The molecule has 0 radical (unpaired) electrons. The van der Waals surface area contributed by atoms with Crippen LogP contribution in [0.1, 0.15) is 19.8 Å². The quantitative estimate of drug-likeness (QED) is 0.811. The molecule has 1 heterocycles. The average molecular weight is 294 g/mol. The summed E-state index contributed by atoms with van der Waals surface area (Å²) in [7, 11) is 0. The summed E-state index contributed by atoms with van der Waals surface area (Å²) in [5.41, 5.74) is 0.401. The number of halogens is 1. The molecule has 1 saturated heterocycles. The number of carbonyl (C=O) groups is 3. The molecule has 2 amide bonds. The number of hydrogen-bond donors (Lipinski definition) is 2. The molecule has 1 aromatic rings. The molecule has 2 N–H and O–H groups in total. The molecule has 0 aliphatic carbocycles. The van der Waals surface area contributed by atoms with Crippen molar-refractivity contribution in [2.75, 3.05) is 5.32 Å². The highest BCUT2D eigenvalue weighted by atomic mass is 19.1.